The molecule has 0 saturated heterocycles. The molecule has 1 aromatic heterocycles. The van der Waals surface area contributed by atoms with E-state index in [1.54, 1.807) is 42.6 Å². The van der Waals surface area contributed by atoms with E-state index in [0.717, 1.165) is 4.47 Å². The molecule has 0 aliphatic rings. The van der Waals surface area contributed by atoms with Crippen LogP contribution in [-0.2, 0) is 20.7 Å². The molecule has 0 bridgehead atoms. The third-order valence-electron chi connectivity index (χ3n) is 4.00. The maximum Gasteiger partial charge on any atom is 0.264 e. The Hall–Kier alpha value is -1.97. The standard InChI is InChI=1S/C18H17BrN2O4S2/c19-16-9-4-8-15-17(10-11-20-18(15)16)21(12-5-13-26(22)23)27(24,25)14-6-2-1-3-7-14/h1-4,6-11,26H,5,12-13H2. The lowest BCUT2D eigenvalue weighted by molar-refractivity contribution is 0.588. The molecule has 0 radical (unpaired) electrons. The van der Waals surface area contributed by atoms with Crippen LogP contribution in [-0.4, -0.2) is 34.1 Å². The second kappa shape index (κ2) is 8.37. The average molecular weight is 469 g/mol. The van der Waals surface area contributed by atoms with Gasteiger partial charge in [0.05, 0.1) is 16.1 Å². The van der Waals surface area contributed by atoms with Crippen molar-refractivity contribution < 1.29 is 16.8 Å². The van der Waals surface area contributed by atoms with E-state index >= 15 is 0 Å². The van der Waals surface area contributed by atoms with Gasteiger partial charge in [-0.25, -0.2) is 16.8 Å². The maximum absolute atomic E-state index is 13.3. The molecular formula is C18H17BrN2O4S2. The highest BCUT2D eigenvalue weighted by molar-refractivity contribution is 9.10. The van der Waals surface area contributed by atoms with Crippen LogP contribution in [0.25, 0.3) is 10.9 Å². The molecule has 0 N–H and O–H groups in total. The summed E-state index contributed by atoms with van der Waals surface area (Å²) in [5, 5.41) is 0.665. The van der Waals surface area contributed by atoms with Crippen molar-refractivity contribution in [3.8, 4) is 0 Å². The lowest BCUT2D eigenvalue weighted by Gasteiger charge is -2.25. The van der Waals surface area contributed by atoms with Gasteiger partial charge in [-0.05, 0) is 46.6 Å². The number of hydrogen-bond acceptors (Lipinski definition) is 5. The Bertz CT molecular complexity index is 1120. The fraction of sp³-hybridized carbons (Fsp3) is 0.167. The molecule has 3 rings (SSSR count). The number of nitrogens with zero attached hydrogens (tertiary/aromatic N) is 2. The highest BCUT2D eigenvalue weighted by Crippen LogP contribution is 2.33. The Morgan fingerprint density at radius 1 is 1.00 bits per heavy atom. The summed E-state index contributed by atoms with van der Waals surface area (Å²) in [7, 11) is -6.43. The van der Waals surface area contributed by atoms with Crippen molar-refractivity contribution >= 4 is 53.2 Å². The van der Waals surface area contributed by atoms with Crippen molar-refractivity contribution in [2.45, 2.75) is 11.3 Å². The number of benzene rings is 2. The zero-order chi connectivity index (χ0) is 19.4. The van der Waals surface area contributed by atoms with Gasteiger partial charge in [-0.15, -0.1) is 0 Å². The first-order chi connectivity index (χ1) is 12.9. The first-order valence-electron chi connectivity index (χ1n) is 8.14. The summed E-state index contributed by atoms with van der Waals surface area (Å²) >= 11 is 3.44. The fourth-order valence-corrected chi connectivity index (χ4v) is 5.19. The summed E-state index contributed by atoms with van der Waals surface area (Å²) in [6.45, 7) is 0.0478. The van der Waals surface area contributed by atoms with Gasteiger partial charge in [0.25, 0.3) is 10.0 Å². The third kappa shape index (κ3) is 4.31. The van der Waals surface area contributed by atoms with Crippen LogP contribution in [0.4, 0.5) is 5.69 Å². The molecule has 1 heterocycles. The average Bonchev–Trinajstić information content (AvgIpc) is 2.66. The van der Waals surface area contributed by atoms with Crippen molar-refractivity contribution in [3.63, 3.8) is 0 Å². The number of hydrogen-bond donors (Lipinski definition) is 1. The molecule has 0 aliphatic heterocycles. The molecular weight excluding hydrogens is 452 g/mol. The van der Waals surface area contributed by atoms with E-state index in [4.69, 9.17) is 0 Å². The molecule has 27 heavy (non-hydrogen) atoms. The molecule has 6 nitrogen and oxygen atoms in total. The van der Waals surface area contributed by atoms with Crippen molar-refractivity contribution in [1.29, 1.82) is 0 Å². The fourth-order valence-electron chi connectivity index (χ4n) is 2.78. The first kappa shape index (κ1) is 19.8. The number of thiol groups is 1. The second-order valence-electron chi connectivity index (χ2n) is 5.77. The van der Waals surface area contributed by atoms with Gasteiger partial charge in [0.15, 0.2) is 0 Å². The van der Waals surface area contributed by atoms with E-state index in [0.29, 0.717) is 16.6 Å². The van der Waals surface area contributed by atoms with Crippen LogP contribution in [0.3, 0.4) is 0 Å². The predicted molar refractivity (Wildman–Crippen MR) is 110 cm³/mol. The van der Waals surface area contributed by atoms with E-state index in [9.17, 15) is 16.8 Å². The van der Waals surface area contributed by atoms with Crippen molar-refractivity contribution in [2.75, 3.05) is 16.6 Å². The Morgan fingerprint density at radius 3 is 2.44 bits per heavy atom. The van der Waals surface area contributed by atoms with Gasteiger partial charge in [0, 0.05) is 28.4 Å². The van der Waals surface area contributed by atoms with Gasteiger partial charge in [-0.1, -0.05) is 30.3 Å². The summed E-state index contributed by atoms with van der Waals surface area (Å²) < 4.78 is 50.5. The molecule has 0 amide bonds. The topological polar surface area (TPSA) is 84.4 Å². The molecule has 0 saturated carbocycles. The first-order valence-corrected chi connectivity index (χ1v) is 11.7. The minimum atomic E-state index is -3.86. The van der Waals surface area contributed by atoms with Gasteiger partial charge in [0.1, 0.15) is 10.7 Å². The summed E-state index contributed by atoms with van der Waals surface area (Å²) in [4.78, 5) is 4.47. The van der Waals surface area contributed by atoms with Gasteiger partial charge in [-0.3, -0.25) is 9.29 Å². The molecule has 0 aliphatic carbocycles. The van der Waals surface area contributed by atoms with Crippen molar-refractivity contribution in [1.82, 2.24) is 4.98 Å². The molecule has 142 valence electrons. The number of fused-ring (bicyclic) bond motifs is 1. The molecule has 0 unspecified atom stereocenters. The molecule has 9 heteroatoms. The van der Waals surface area contributed by atoms with Crippen LogP contribution in [0, 0.1) is 0 Å². The van der Waals surface area contributed by atoms with Crippen LogP contribution in [0.2, 0.25) is 0 Å². The van der Waals surface area contributed by atoms with Gasteiger partial charge in [0.2, 0.25) is 0 Å². The molecule has 0 spiro atoms. The number of pyridine rings is 1. The summed E-state index contributed by atoms with van der Waals surface area (Å²) in [5.41, 5.74) is 1.10. The van der Waals surface area contributed by atoms with Crippen LogP contribution in [0.1, 0.15) is 6.42 Å². The highest BCUT2D eigenvalue weighted by Gasteiger charge is 2.26. The number of para-hydroxylation sites is 1. The lowest BCUT2D eigenvalue weighted by Crippen LogP contribution is -2.32. The van der Waals surface area contributed by atoms with E-state index in [1.807, 2.05) is 6.07 Å². The minimum absolute atomic E-state index is 0.0478. The Kier molecular flexibility index (Phi) is 6.13. The summed E-state index contributed by atoms with van der Waals surface area (Å²) in [5.74, 6) is -0.0805. The van der Waals surface area contributed by atoms with Crippen LogP contribution >= 0.6 is 15.9 Å². The molecule has 2 aromatic carbocycles. The number of sulfonamides is 1. The smallest absolute Gasteiger partial charge is 0.264 e. The second-order valence-corrected chi connectivity index (χ2v) is 9.60. The van der Waals surface area contributed by atoms with Gasteiger partial charge >= 0.3 is 0 Å². The van der Waals surface area contributed by atoms with Crippen LogP contribution < -0.4 is 4.31 Å². The number of anilines is 1. The molecule has 0 fully saturated rings. The van der Waals surface area contributed by atoms with Crippen molar-refractivity contribution in [3.05, 3.63) is 65.3 Å². The SMILES string of the molecule is O=[SH](=O)CCCN(c1ccnc2c(Br)cccc12)S(=O)(=O)c1ccccc1. The third-order valence-corrected chi connectivity index (χ3v) is 7.15. The number of aromatic nitrogens is 1. The van der Waals surface area contributed by atoms with E-state index in [1.165, 1.54) is 16.4 Å². The minimum Gasteiger partial charge on any atom is -0.266 e. The highest BCUT2D eigenvalue weighted by atomic mass is 79.9. The summed E-state index contributed by atoms with van der Waals surface area (Å²) in [6, 6.07) is 15.2. The maximum atomic E-state index is 13.3. The lowest BCUT2D eigenvalue weighted by atomic mass is 10.2. The molecule has 3 aromatic rings. The van der Waals surface area contributed by atoms with Crippen molar-refractivity contribution in [2.24, 2.45) is 0 Å². The number of rotatable bonds is 7. The number of halogens is 1. The Balaban J connectivity index is 2.15. The predicted octanol–water partition coefficient (Wildman–Crippen LogP) is 3.19. The normalized spacial score (nSPS) is 11.8. The van der Waals surface area contributed by atoms with Gasteiger partial charge in [-0.2, -0.15) is 0 Å². The Morgan fingerprint density at radius 2 is 1.74 bits per heavy atom. The van der Waals surface area contributed by atoms with Crippen LogP contribution in [0.15, 0.2) is 70.2 Å². The van der Waals surface area contributed by atoms with E-state index in [-0.39, 0.29) is 23.6 Å². The monoisotopic (exact) mass is 468 g/mol. The van der Waals surface area contributed by atoms with Crippen LogP contribution in [0.5, 0.6) is 0 Å². The zero-order valence-corrected chi connectivity index (χ0v) is 17.5. The summed E-state index contributed by atoms with van der Waals surface area (Å²) in [6.07, 6.45) is 1.74. The zero-order valence-electron chi connectivity index (χ0n) is 14.2. The van der Waals surface area contributed by atoms with E-state index < -0.39 is 20.7 Å². The van der Waals surface area contributed by atoms with E-state index in [2.05, 4.69) is 20.9 Å². The Labute approximate surface area is 168 Å². The largest absolute Gasteiger partial charge is 0.266 e. The molecule has 0 atom stereocenters. The quantitative estimate of drug-likeness (QED) is 0.538. The van der Waals surface area contributed by atoms with Gasteiger partial charge < -0.3 is 0 Å².